The van der Waals surface area contributed by atoms with Crippen molar-refractivity contribution in [3.05, 3.63) is 27.7 Å². The normalized spacial score (nSPS) is 16.8. The Morgan fingerprint density at radius 2 is 2.00 bits per heavy atom. The maximum absolute atomic E-state index is 13.2. The van der Waals surface area contributed by atoms with Gasteiger partial charge in [-0.3, -0.25) is 19.0 Å². The molecular formula is C21H29N5O5. The number of nitrogens with one attached hydrogen (secondary N) is 1. The van der Waals surface area contributed by atoms with Gasteiger partial charge in [-0.25, -0.2) is 0 Å². The molecule has 0 aromatic carbocycles. The number of hydrogen-bond acceptors (Lipinski definition) is 6. The number of ether oxygens (including phenoxy) is 1. The average molecular weight is 431 g/mol. The summed E-state index contributed by atoms with van der Waals surface area (Å²) >= 11 is 0. The quantitative estimate of drug-likeness (QED) is 0.661. The largest absolute Gasteiger partial charge is 0.492 e. The van der Waals surface area contributed by atoms with Crippen molar-refractivity contribution in [1.29, 1.82) is 0 Å². The molecule has 4 rings (SSSR count). The molecule has 0 unspecified atom stereocenters. The summed E-state index contributed by atoms with van der Waals surface area (Å²) in [5, 5.41) is 17.7. The number of carbonyl (C=O) groups excluding carboxylic acids is 2. The fourth-order valence-electron chi connectivity index (χ4n) is 3.86. The highest BCUT2D eigenvalue weighted by atomic mass is 16.5. The van der Waals surface area contributed by atoms with Gasteiger partial charge in [0.15, 0.2) is 5.56 Å². The third-order valence-electron chi connectivity index (χ3n) is 5.62. The summed E-state index contributed by atoms with van der Waals surface area (Å²) in [4.78, 5) is 40.2. The van der Waals surface area contributed by atoms with Crippen LogP contribution in [0.25, 0.3) is 5.65 Å². The van der Waals surface area contributed by atoms with E-state index in [9.17, 15) is 19.5 Å². The fraction of sp³-hybridized carbons (Fsp3) is 0.619. The third kappa shape index (κ3) is 4.43. The molecule has 0 atom stereocenters. The van der Waals surface area contributed by atoms with Crippen molar-refractivity contribution in [1.82, 2.24) is 24.4 Å². The first-order valence-electron chi connectivity index (χ1n) is 10.9. The topological polar surface area (TPSA) is 118 Å². The van der Waals surface area contributed by atoms with Crippen LogP contribution in [0.15, 0.2) is 11.0 Å². The summed E-state index contributed by atoms with van der Waals surface area (Å²) in [6.45, 7) is 6.53. The Kier molecular flexibility index (Phi) is 5.99. The Hall–Kier alpha value is -2.88. The van der Waals surface area contributed by atoms with E-state index in [0.717, 1.165) is 12.8 Å². The van der Waals surface area contributed by atoms with Crippen LogP contribution < -0.4 is 10.9 Å². The van der Waals surface area contributed by atoms with Gasteiger partial charge in [-0.2, -0.15) is 9.61 Å². The van der Waals surface area contributed by atoms with Crippen molar-refractivity contribution < 1.29 is 19.4 Å². The van der Waals surface area contributed by atoms with E-state index in [0.29, 0.717) is 50.5 Å². The van der Waals surface area contributed by atoms with Crippen LogP contribution in [0, 0.1) is 5.92 Å². The van der Waals surface area contributed by atoms with Gasteiger partial charge in [-0.05, 0) is 25.2 Å². The lowest BCUT2D eigenvalue weighted by atomic mass is 10.1. The van der Waals surface area contributed by atoms with Crippen LogP contribution in [0.1, 0.15) is 49.0 Å². The number of aromatic nitrogens is 3. The highest BCUT2D eigenvalue weighted by Crippen LogP contribution is 2.23. The maximum atomic E-state index is 13.2. The fourth-order valence-corrected chi connectivity index (χ4v) is 3.86. The molecule has 10 nitrogen and oxygen atoms in total. The van der Waals surface area contributed by atoms with E-state index in [2.05, 4.69) is 10.4 Å². The lowest BCUT2D eigenvalue weighted by Gasteiger charge is -2.26. The lowest BCUT2D eigenvalue weighted by molar-refractivity contribution is -0.135. The molecule has 0 bridgehead atoms. The van der Waals surface area contributed by atoms with Crippen molar-refractivity contribution in [2.45, 2.75) is 52.1 Å². The molecule has 168 valence electrons. The first-order chi connectivity index (χ1) is 14.9. The molecule has 2 aliphatic rings. The van der Waals surface area contributed by atoms with Crippen LogP contribution in [0.4, 0.5) is 0 Å². The Bertz CT molecular complexity index is 1050. The second-order valence-corrected chi connectivity index (χ2v) is 8.65. The van der Waals surface area contributed by atoms with E-state index in [4.69, 9.17) is 4.74 Å². The van der Waals surface area contributed by atoms with Crippen LogP contribution in [0.5, 0.6) is 5.88 Å². The maximum Gasteiger partial charge on any atom is 0.270 e. The summed E-state index contributed by atoms with van der Waals surface area (Å²) in [6.07, 6.45) is 3.95. The van der Waals surface area contributed by atoms with Gasteiger partial charge in [0.05, 0.1) is 19.4 Å². The highest BCUT2D eigenvalue weighted by Gasteiger charge is 2.30. The standard InChI is InChI=1S/C21H29N5O5/c1-13(2)12-25-19-14(3-6-16(27)24-7-9-31-10-8-24)11-22-26(19)21(30)17(20(25)29)18(28)23-15-4-5-15/h11,13,15,30H,3-10,12H2,1-2H3,(H,23,28). The first kappa shape index (κ1) is 21.4. The zero-order valence-corrected chi connectivity index (χ0v) is 18.0. The molecule has 2 fully saturated rings. The lowest BCUT2D eigenvalue weighted by Crippen LogP contribution is -2.40. The zero-order chi connectivity index (χ0) is 22.1. The highest BCUT2D eigenvalue weighted by molar-refractivity contribution is 5.96. The number of carbonyl (C=O) groups is 2. The van der Waals surface area contributed by atoms with E-state index in [1.807, 2.05) is 13.8 Å². The van der Waals surface area contributed by atoms with E-state index in [1.54, 1.807) is 11.1 Å². The van der Waals surface area contributed by atoms with Crippen molar-refractivity contribution in [3.8, 4) is 5.88 Å². The number of morpholine rings is 1. The number of nitrogens with zero attached hydrogens (tertiary/aromatic N) is 4. The number of amides is 2. The second kappa shape index (κ2) is 8.70. The van der Waals surface area contributed by atoms with Crippen LogP contribution in [0.2, 0.25) is 0 Å². The molecular weight excluding hydrogens is 402 g/mol. The number of fused-ring (bicyclic) bond motifs is 1. The van der Waals surface area contributed by atoms with E-state index >= 15 is 0 Å². The zero-order valence-electron chi connectivity index (χ0n) is 18.0. The van der Waals surface area contributed by atoms with Crippen molar-refractivity contribution in [3.63, 3.8) is 0 Å². The number of aromatic hydroxyl groups is 1. The van der Waals surface area contributed by atoms with E-state index in [1.165, 1.54) is 9.08 Å². The van der Waals surface area contributed by atoms with Crippen LogP contribution in [-0.4, -0.2) is 68.3 Å². The minimum Gasteiger partial charge on any atom is -0.492 e. The predicted octanol–water partition coefficient (Wildman–Crippen LogP) is 0.541. The number of aryl methyl sites for hydroxylation is 1. The molecule has 1 saturated carbocycles. The molecule has 2 aromatic heterocycles. The van der Waals surface area contributed by atoms with Gasteiger partial charge in [0.25, 0.3) is 11.5 Å². The number of rotatable bonds is 7. The van der Waals surface area contributed by atoms with Gasteiger partial charge >= 0.3 is 0 Å². The molecule has 0 spiro atoms. The third-order valence-corrected chi connectivity index (χ3v) is 5.62. The van der Waals surface area contributed by atoms with Gasteiger partial charge in [0.1, 0.15) is 5.65 Å². The predicted molar refractivity (Wildman–Crippen MR) is 112 cm³/mol. The Labute approximate surface area is 179 Å². The second-order valence-electron chi connectivity index (χ2n) is 8.65. The summed E-state index contributed by atoms with van der Waals surface area (Å²) in [5.41, 5.74) is 0.273. The van der Waals surface area contributed by atoms with Gasteiger partial charge in [-0.15, -0.1) is 0 Å². The summed E-state index contributed by atoms with van der Waals surface area (Å²) < 4.78 is 8.02. The van der Waals surface area contributed by atoms with Gasteiger partial charge < -0.3 is 20.1 Å². The van der Waals surface area contributed by atoms with Crippen LogP contribution >= 0.6 is 0 Å². The molecule has 10 heteroatoms. The first-order valence-corrected chi connectivity index (χ1v) is 10.9. The van der Waals surface area contributed by atoms with Crippen LogP contribution in [0.3, 0.4) is 0 Å². The molecule has 2 aromatic rings. The monoisotopic (exact) mass is 431 g/mol. The Morgan fingerprint density at radius 3 is 2.65 bits per heavy atom. The number of hydrogen-bond donors (Lipinski definition) is 2. The van der Waals surface area contributed by atoms with E-state index in [-0.39, 0.29) is 29.9 Å². The molecule has 0 radical (unpaired) electrons. The SMILES string of the molecule is CC(C)Cn1c(=O)c(C(=O)NC2CC2)c(O)n2ncc(CCC(=O)N3CCOCC3)c12. The molecule has 2 amide bonds. The summed E-state index contributed by atoms with van der Waals surface area (Å²) in [6, 6.07) is 0.0555. The Morgan fingerprint density at radius 1 is 1.29 bits per heavy atom. The van der Waals surface area contributed by atoms with Crippen molar-refractivity contribution in [2.24, 2.45) is 5.92 Å². The van der Waals surface area contributed by atoms with Crippen LogP contribution in [-0.2, 0) is 22.5 Å². The van der Waals surface area contributed by atoms with Crippen molar-refractivity contribution in [2.75, 3.05) is 26.3 Å². The minimum atomic E-state index is -0.580. The summed E-state index contributed by atoms with van der Waals surface area (Å²) in [7, 11) is 0. The molecule has 1 aliphatic carbocycles. The smallest absolute Gasteiger partial charge is 0.270 e. The van der Waals surface area contributed by atoms with E-state index < -0.39 is 17.3 Å². The molecule has 1 saturated heterocycles. The average Bonchev–Trinajstić information content (AvgIpc) is 3.45. The molecule has 31 heavy (non-hydrogen) atoms. The molecule has 2 N–H and O–H groups in total. The Balaban J connectivity index is 1.68. The minimum absolute atomic E-state index is 0.0186. The van der Waals surface area contributed by atoms with Gasteiger partial charge in [-0.1, -0.05) is 13.8 Å². The van der Waals surface area contributed by atoms with Gasteiger partial charge in [0, 0.05) is 37.7 Å². The van der Waals surface area contributed by atoms with Gasteiger partial charge in [0.2, 0.25) is 11.8 Å². The summed E-state index contributed by atoms with van der Waals surface area (Å²) in [5.74, 6) is -0.902. The molecule has 3 heterocycles. The molecule has 1 aliphatic heterocycles. The van der Waals surface area contributed by atoms with Crippen molar-refractivity contribution >= 4 is 17.5 Å².